The topological polar surface area (TPSA) is 99.6 Å². The first-order chi connectivity index (χ1) is 16.2. The Morgan fingerprint density at radius 3 is 2.85 bits per heavy atom. The zero-order valence-electron chi connectivity index (χ0n) is 18.6. The van der Waals surface area contributed by atoms with E-state index in [-0.39, 0.29) is 23.9 Å². The lowest BCUT2D eigenvalue weighted by Gasteiger charge is -2.37. The Bertz CT molecular complexity index is 1080. The number of benzene rings is 1. The molecule has 3 N–H and O–H groups in total. The Kier molecular flexibility index (Phi) is 6.76. The molecule has 1 saturated carbocycles. The maximum atomic E-state index is 13.1. The number of fused-ring (bicyclic) bond motifs is 1. The summed E-state index contributed by atoms with van der Waals surface area (Å²) in [6.45, 7) is 4.00. The van der Waals surface area contributed by atoms with Crippen molar-refractivity contribution in [1.29, 1.82) is 0 Å². The first-order valence-corrected chi connectivity index (χ1v) is 10.9. The van der Waals surface area contributed by atoms with Crippen LogP contribution in [0.4, 0.5) is 24.8 Å². The number of hydrogen-bond acceptors (Lipinski definition) is 7. The van der Waals surface area contributed by atoms with Crippen molar-refractivity contribution in [2.75, 3.05) is 17.7 Å². The minimum Gasteiger partial charge on any atom is -0.480 e. The minimum atomic E-state index is -4.60. The fourth-order valence-corrected chi connectivity index (χ4v) is 4.61. The monoisotopic (exact) mass is 477 g/mol. The van der Waals surface area contributed by atoms with Gasteiger partial charge in [-0.05, 0) is 49.5 Å². The van der Waals surface area contributed by atoms with Crippen LogP contribution in [0.1, 0.15) is 48.6 Å². The van der Waals surface area contributed by atoms with Crippen LogP contribution in [0.2, 0.25) is 0 Å². The second kappa shape index (κ2) is 9.59. The predicted molar refractivity (Wildman–Crippen MR) is 119 cm³/mol. The molecule has 182 valence electrons. The number of aliphatic hydroxyl groups excluding tert-OH is 1. The van der Waals surface area contributed by atoms with Gasteiger partial charge in [-0.15, -0.1) is 0 Å². The highest BCUT2D eigenvalue weighted by atomic mass is 19.4. The molecule has 1 aromatic carbocycles. The van der Waals surface area contributed by atoms with E-state index in [9.17, 15) is 23.1 Å². The van der Waals surface area contributed by atoms with Gasteiger partial charge in [0, 0.05) is 36.1 Å². The molecule has 11 heteroatoms. The number of carbonyl (C=O) groups excluding carboxylic acids is 1. The molecular weight excluding hydrogens is 451 g/mol. The number of ether oxygens (including phenoxy) is 1. The van der Waals surface area contributed by atoms with Crippen LogP contribution in [-0.2, 0) is 17.5 Å². The van der Waals surface area contributed by atoms with Crippen molar-refractivity contribution in [3.05, 3.63) is 53.7 Å². The van der Waals surface area contributed by atoms with Crippen LogP contribution in [0, 0.1) is 0 Å². The standard InChI is InChI=1S/C23H26F3N5O3/c1-3-19(32)28-15-8-7-13-12-31(21(33)17(13)10-15)16-6-4-5-14(9-16)29-22-27-11-18(23(24,25)26)20(30-22)34-2/h3,7-8,10-11,14,16,21,33H,1,4-6,9,12H2,2H3,(H,28,32)(H,27,29,30)/t14-,16+,21?/m1/s1. The number of nitrogens with zero attached hydrogens (tertiary/aromatic N) is 3. The second-order valence-corrected chi connectivity index (χ2v) is 8.43. The van der Waals surface area contributed by atoms with Crippen LogP contribution < -0.4 is 15.4 Å². The Morgan fingerprint density at radius 1 is 1.35 bits per heavy atom. The second-order valence-electron chi connectivity index (χ2n) is 8.43. The number of aliphatic hydroxyl groups is 1. The van der Waals surface area contributed by atoms with Gasteiger partial charge in [-0.1, -0.05) is 12.6 Å². The van der Waals surface area contributed by atoms with Crippen molar-refractivity contribution in [2.24, 2.45) is 0 Å². The zero-order chi connectivity index (χ0) is 24.5. The van der Waals surface area contributed by atoms with E-state index in [2.05, 4.69) is 27.2 Å². The van der Waals surface area contributed by atoms with Gasteiger partial charge in [0.25, 0.3) is 0 Å². The summed E-state index contributed by atoms with van der Waals surface area (Å²) in [5, 5.41) is 16.8. The van der Waals surface area contributed by atoms with Crippen molar-refractivity contribution in [1.82, 2.24) is 14.9 Å². The van der Waals surface area contributed by atoms with Gasteiger partial charge in [-0.3, -0.25) is 9.69 Å². The number of carbonyl (C=O) groups is 1. The lowest BCUT2D eigenvalue weighted by atomic mass is 9.90. The van der Waals surface area contributed by atoms with Crippen molar-refractivity contribution in [2.45, 2.75) is 56.7 Å². The molecule has 1 aliphatic heterocycles. The van der Waals surface area contributed by atoms with Crippen molar-refractivity contribution in [3.63, 3.8) is 0 Å². The predicted octanol–water partition coefficient (Wildman–Crippen LogP) is 3.86. The van der Waals surface area contributed by atoms with E-state index in [0.717, 1.165) is 43.7 Å². The molecule has 0 spiro atoms. The summed E-state index contributed by atoms with van der Waals surface area (Å²) in [4.78, 5) is 21.3. The molecule has 0 saturated heterocycles. The van der Waals surface area contributed by atoms with E-state index in [4.69, 9.17) is 4.74 Å². The molecule has 2 aromatic rings. The van der Waals surface area contributed by atoms with Gasteiger partial charge in [0.15, 0.2) is 0 Å². The van der Waals surface area contributed by atoms with Crippen molar-refractivity contribution < 1.29 is 27.8 Å². The molecule has 0 bridgehead atoms. The zero-order valence-corrected chi connectivity index (χ0v) is 18.6. The number of amides is 1. The van der Waals surface area contributed by atoms with Crippen molar-refractivity contribution in [3.8, 4) is 5.88 Å². The van der Waals surface area contributed by atoms with Crippen LogP contribution >= 0.6 is 0 Å². The highest BCUT2D eigenvalue weighted by Crippen LogP contribution is 2.39. The van der Waals surface area contributed by atoms with E-state index in [1.54, 1.807) is 12.1 Å². The highest BCUT2D eigenvalue weighted by molar-refractivity contribution is 5.98. The SMILES string of the molecule is C=CC(=O)Nc1ccc2c(c1)C(O)N([C@H]1CCC[C@@H](Nc3ncc(C(F)(F)F)c(OC)n3)C1)C2. The van der Waals surface area contributed by atoms with Gasteiger partial charge in [-0.2, -0.15) is 18.2 Å². The molecule has 1 amide bonds. The van der Waals surface area contributed by atoms with Crippen LogP contribution in [0.25, 0.3) is 0 Å². The van der Waals surface area contributed by atoms with Crippen LogP contribution in [0.5, 0.6) is 5.88 Å². The molecule has 3 atom stereocenters. The number of aromatic nitrogens is 2. The molecule has 1 unspecified atom stereocenters. The van der Waals surface area contributed by atoms with Gasteiger partial charge in [0.1, 0.15) is 11.8 Å². The van der Waals surface area contributed by atoms with E-state index in [1.165, 1.54) is 6.08 Å². The van der Waals surface area contributed by atoms with Gasteiger partial charge >= 0.3 is 6.18 Å². The first kappa shape index (κ1) is 24.0. The average Bonchev–Trinajstić information content (AvgIpc) is 3.14. The van der Waals surface area contributed by atoms with Crippen LogP contribution in [0.15, 0.2) is 37.1 Å². The van der Waals surface area contributed by atoms with Gasteiger partial charge in [0.05, 0.1) is 7.11 Å². The summed E-state index contributed by atoms with van der Waals surface area (Å²) in [5.74, 6) is -0.780. The quantitative estimate of drug-likeness (QED) is 0.544. The van der Waals surface area contributed by atoms with Crippen molar-refractivity contribution >= 4 is 17.5 Å². The third-order valence-corrected chi connectivity index (χ3v) is 6.25. The maximum Gasteiger partial charge on any atom is 0.423 e. The molecular formula is C23H26F3N5O3. The Balaban J connectivity index is 1.44. The van der Waals surface area contributed by atoms with E-state index >= 15 is 0 Å². The average molecular weight is 477 g/mol. The Labute approximate surface area is 194 Å². The van der Waals surface area contributed by atoms with Gasteiger partial charge in [0.2, 0.25) is 17.7 Å². The van der Waals surface area contributed by atoms with Gasteiger partial charge < -0.3 is 20.5 Å². The largest absolute Gasteiger partial charge is 0.480 e. The van der Waals surface area contributed by atoms with Crippen LogP contribution in [0.3, 0.4) is 0 Å². The maximum absolute atomic E-state index is 13.1. The fourth-order valence-electron chi connectivity index (χ4n) is 4.61. The third kappa shape index (κ3) is 5.00. The van der Waals surface area contributed by atoms with Gasteiger partial charge in [-0.25, -0.2) is 4.98 Å². The number of hydrogen-bond donors (Lipinski definition) is 3. The smallest absolute Gasteiger partial charge is 0.423 e. The van der Waals surface area contributed by atoms with E-state index in [0.29, 0.717) is 18.7 Å². The number of nitrogens with one attached hydrogen (secondary N) is 2. The van der Waals surface area contributed by atoms with Crippen LogP contribution in [-0.4, -0.2) is 45.1 Å². The molecule has 1 aromatic heterocycles. The number of rotatable bonds is 6. The molecule has 2 aliphatic rings. The molecule has 4 rings (SSSR count). The lowest BCUT2D eigenvalue weighted by molar-refractivity contribution is -0.139. The summed E-state index contributed by atoms with van der Waals surface area (Å²) in [6, 6.07) is 5.42. The Morgan fingerprint density at radius 2 is 2.15 bits per heavy atom. The first-order valence-electron chi connectivity index (χ1n) is 10.9. The molecule has 1 aliphatic carbocycles. The summed E-state index contributed by atoms with van der Waals surface area (Å²) < 4.78 is 44.0. The number of anilines is 2. The highest BCUT2D eigenvalue weighted by Gasteiger charge is 2.38. The summed E-state index contributed by atoms with van der Waals surface area (Å²) in [6.07, 6.45) is -0.299. The fraction of sp³-hybridized carbons (Fsp3) is 0.435. The molecule has 34 heavy (non-hydrogen) atoms. The Hall–Kier alpha value is -3.18. The summed E-state index contributed by atoms with van der Waals surface area (Å²) >= 11 is 0. The minimum absolute atomic E-state index is 0.0520. The molecule has 1 fully saturated rings. The number of methoxy groups -OCH3 is 1. The van der Waals surface area contributed by atoms with E-state index < -0.39 is 23.8 Å². The molecule has 8 nitrogen and oxygen atoms in total. The van der Waals surface area contributed by atoms with E-state index in [1.807, 2.05) is 11.0 Å². The molecule has 0 radical (unpaired) electrons. The number of alkyl halides is 3. The lowest BCUT2D eigenvalue weighted by Crippen LogP contribution is -2.41. The normalized spacial score (nSPS) is 22.7. The summed E-state index contributed by atoms with van der Waals surface area (Å²) in [5.41, 5.74) is 1.28. The third-order valence-electron chi connectivity index (χ3n) is 6.25. The summed E-state index contributed by atoms with van der Waals surface area (Å²) in [7, 11) is 1.14. The number of halogens is 3. The molecule has 2 heterocycles.